The van der Waals surface area contributed by atoms with E-state index in [9.17, 15) is 0 Å². The Labute approximate surface area is 110 Å². The number of halogens is 1. The molecule has 3 nitrogen and oxygen atoms in total. The zero-order valence-corrected chi connectivity index (χ0v) is 11.7. The van der Waals surface area contributed by atoms with Crippen LogP contribution in [0.25, 0.3) is 0 Å². The molecule has 0 saturated heterocycles. The van der Waals surface area contributed by atoms with Gasteiger partial charge in [-0.15, -0.1) is 12.4 Å². The van der Waals surface area contributed by atoms with E-state index in [0.29, 0.717) is 5.92 Å². The van der Waals surface area contributed by atoms with Gasteiger partial charge in [0.1, 0.15) is 0 Å². The van der Waals surface area contributed by atoms with Crippen LogP contribution in [0.15, 0.2) is 18.2 Å². The Morgan fingerprint density at radius 1 is 1.18 bits per heavy atom. The Morgan fingerprint density at radius 2 is 1.82 bits per heavy atom. The number of methoxy groups -OCH3 is 2. The van der Waals surface area contributed by atoms with Crippen molar-refractivity contribution in [3.63, 3.8) is 0 Å². The molecule has 1 aromatic rings. The summed E-state index contributed by atoms with van der Waals surface area (Å²) >= 11 is 0. The number of para-hydroxylation sites is 1. The highest BCUT2D eigenvalue weighted by molar-refractivity contribution is 5.85. The minimum Gasteiger partial charge on any atom is -0.493 e. The molecule has 0 aromatic heterocycles. The molecule has 0 radical (unpaired) electrons. The lowest BCUT2D eigenvalue weighted by molar-refractivity contribution is 0.347. The first-order valence-corrected chi connectivity index (χ1v) is 5.56. The molecule has 0 aliphatic heterocycles. The molecule has 1 aromatic carbocycles. The summed E-state index contributed by atoms with van der Waals surface area (Å²) in [4.78, 5) is 0. The maximum absolute atomic E-state index is 6.16. The van der Waals surface area contributed by atoms with Crippen LogP contribution < -0.4 is 15.2 Å². The van der Waals surface area contributed by atoms with Crippen molar-refractivity contribution in [3.05, 3.63) is 23.8 Å². The van der Waals surface area contributed by atoms with E-state index in [1.165, 1.54) is 0 Å². The van der Waals surface area contributed by atoms with Crippen LogP contribution in [0.5, 0.6) is 11.5 Å². The first-order valence-electron chi connectivity index (χ1n) is 5.56. The maximum Gasteiger partial charge on any atom is 0.165 e. The van der Waals surface area contributed by atoms with Gasteiger partial charge < -0.3 is 15.2 Å². The molecule has 2 N–H and O–H groups in total. The highest BCUT2D eigenvalue weighted by Crippen LogP contribution is 2.35. The number of hydrogen-bond donors (Lipinski definition) is 1. The van der Waals surface area contributed by atoms with Crippen LogP contribution in [0.2, 0.25) is 0 Å². The van der Waals surface area contributed by atoms with Crippen LogP contribution in [0.4, 0.5) is 0 Å². The highest BCUT2D eigenvalue weighted by Gasteiger charge is 2.16. The van der Waals surface area contributed by atoms with Crippen LogP contribution in [-0.2, 0) is 0 Å². The molecule has 0 saturated carbocycles. The minimum atomic E-state index is -0.00921. The van der Waals surface area contributed by atoms with Crippen molar-refractivity contribution in [2.24, 2.45) is 11.7 Å². The Kier molecular flexibility index (Phi) is 7.00. The lowest BCUT2D eigenvalue weighted by Gasteiger charge is -2.19. The summed E-state index contributed by atoms with van der Waals surface area (Å²) in [6.45, 7) is 4.32. The number of rotatable bonds is 5. The lowest BCUT2D eigenvalue weighted by Crippen LogP contribution is -2.14. The van der Waals surface area contributed by atoms with Gasteiger partial charge in [0.05, 0.1) is 14.2 Å². The Bertz CT molecular complexity index is 342. The molecule has 0 amide bonds. The van der Waals surface area contributed by atoms with Crippen molar-refractivity contribution in [2.75, 3.05) is 14.2 Å². The molecule has 0 fully saturated rings. The SMILES string of the molecule is COc1cccc([C@H](N)CC(C)C)c1OC.Cl. The normalized spacial score (nSPS) is 11.9. The first kappa shape index (κ1) is 16.1. The molecule has 1 rings (SSSR count). The summed E-state index contributed by atoms with van der Waals surface area (Å²) in [6, 6.07) is 5.81. The third kappa shape index (κ3) is 4.10. The van der Waals surface area contributed by atoms with E-state index in [4.69, 9.17) is 15.2 Å². The van der Waals surface area contributed by atoms with Gasteiger partial charge in [-0.05, 0) is 18.4 Å². The van der Waals surface area contributed by atoms with Crippen molar-refractivity contribution in [3.8, 4) is 11.5 Å². The summed E-state index contributed by atoms with van der Waals surface area (Å²) in [5, 5.41) is 0. The topological polar surface area (TPSA) is 44.5 Å². The Hall–Kier alpha value is -0.930. The van der Waals surface area contributed by atoms with Crippen LogP contribution >= 0.6 is 12.4 Å². The standard InChI is InChI=1S/C13H21NO2.ClH/c1-9(2)8-11(14)10-6-5-7-12(15-3)13(10)16-4;/h5-7,9,11H,8,14H2,1-4H3;1H/t11-;/m1./s1. The second-order valence-corrected chi connectivity index (χ2v) is 4.32. The van der Waals surface area contributed by atoms with Gasteiger partial charge in [-0.25, -0.2) is 0 Å². The monoisotopic (exact) mass is 259 g/mol. The van der Waals surface area contributed by atoms with Gasteiger partial charge in [0, 0.05) is 11.6 Å². The summed E-state index contributed by atoms with van der Waals surface area (Å²) < 4.78 is 10.6. The molecule has 0 aliphatic rings. The van der Waals surface area contributed by atoms with E-state index in [-0.39, 0.29) is 18.4 Å². The third-order valence-electron chi connectivity index (χ3n) is 2.56. The van der Waals surface area contributed by atoms with Crippen molar-refractivity contribution >= 4 is 12.4 Å². The van der Waals surface area contributed by atoms with Crippen LogP contribution in [-0.4, -0.2) is 14.2 Å². The zero-order chi connectivity index (χ0) is 12.1. The van der Waals surface area contributed by atoms with Crippen molar-refractivity contribution in [1.29, 1.82) is 0 Å². The number of nitrogens with two attached hydrogens (primary N) is 1. The van der Waals surface area contributed by atoms with E-state index in [1.807, 2.05) is 18.2 Å². The number of hydrogen-bond acceptors (Lipinski definition) is 3. The quantitative estimate of drug-likeness (QED) is 0.883. The molecular formula is C13H22ClNO2. The fourth-order valence-electron chi connectivity index (χ4n) is 1.84. The average molecular weight is 260 g/mol. The van der Waals surface area contributed by atoms with Crippen molar-refractivity contribution in [1.82, 2.24) is 0 Å². The van der Waals surface area contributed by atoms with Gasteiger partial charge >= 0.3 is 0 Å². The van der Waals surface area contributed by atoms with Crippen LogP contribution in [0, 0.1) is 5.92 Å². The molecule has 0 heterocycles. The van der Waals surface area contributed by atoms with Gasteiger partial charge in [-0.1, -0.05) is 26.0 Å². The largest absolute Gasteiger partial charge is 0.493 e. The van der Waals surface area contributed by atoms with Gasteiger partial charge in [-0.2, -0.15) is 0 Å². The Morgan fingerprint density at radius 3 is 2.29 bits per heavy atom. The van der Waals surface area contributed by atoms with Crippen molar-refractivity contribution < 1.29 is 9.47 Å². The predicted molar refractivity (Wildman–Crippen MR) is 73.2 cm³/mol. The smallest absolute Gasteiger partial charge is 0.165 e. The zero-order valence-electron chi connectivity index (χ0n) is 10.9. The van der Waals surface area contributed by atoms with E-state index >= 15 is 0 Å². The minimum absolute atomic E-state index is 0. The predicted octanol–water partition coefficient (Wildman–Crippen LogP) is 3.17. The molecule has 0 aliphatic carbocycles. The molecule has 0 unspecified atom stereocenters. The summed E-state index contributed by atoms with van der Waals surface area (Å²) in [7, 11) is 3.28. The molecule has 98 valence electrons. The fourth-order valence-corrected chi connectivity index (χ4v) is 1.84. The maximum atomic E-state index is 6.16. The average Bonchev–Trinajstić information content (AvgIpc) is 2.26. The van der Waals surface area contributed by atoms with Gasteiger partial charge in [0.2, 0.25) is 0 Å². The first-order chi connectivity index (χ1) is 7.60. The van der Waals surface area contributed by atoms with Gasteiger partial charge in [0.25, 0.3) is 0 Å². The third-order valence-corrected chi connectivity index (χ3v) is 2.56. The van der Waals surface area contributed by atoms with E-state index in [1.54, 1.807) is 14.2 Å². The molecular weight excluding hydrogens is 238 g/mol. The number of ether oxygens (including phenoxy) is 2. The molecule has 4 heteroatoms. The molecule has 0 spiro atoms. The van der Waals surface area contributed by atoms with Crippen LogP contribution in [0.1, 0.15) is 31.9 Å². The lowest BCUT2D eigenvalue weighted by atomic mass is 9.97. The Balaban J connectivity index is 0.00000256. The second-order valence-electron chi connectivity index (χ2n) is 4.32. The van der Waals surface area contributed by atoms with E-state index in [2.05, 4.69) is 13.8 Å². The van der Waals surface area contributed by atoms with Crippen LogP contribution in [0.3, 0.4) is 0 Å². The summed E-state index contributed by atoms with van der Waals surface area (Å²) in [5.74, 6) is 2.04. The van der Waals surface area contributed by atoms with E-state index in [0.717, 1.165) is 23.5 Å². The van der Waals surface area contributed by atoms with Gasteiger partial charge in [0.15, 0.2) is 11.5 Å². The summed E-state index contributed by atoms with van der Waals surface area (Å²) in [5.41, 5.74) is 7.17. The molecule has 17 heavy (non-hydrogen) atoms. The second kappa shape index (κ2) is 7.41. The van der Waals surface area contributed by atoms with Gasteiger partial charge in [-0.3, -0.25) is 0 Å². The van der Waals surface area contributed by atoms with Crippen molar-refractivity contribution in [2.45, 2.75) is 26.3 Å². The summed E-state index contributed by atoms with van der Waals surface area (Å²) in [6.07, 6.45) is 0.934. The molecule has 1 atom stereocenters. The molecule has 0 bridgehead atoms. The fraction of sp³-hybridized carbons (Fsp3) is 0.538. The highest BCUT2D eigenvalue weighted by atomic mass is 35.5. The van der Waals surface area contributed by atoms with E-state index < -0.39 is 0 Å². The number of benzene rings is 1.